The number of carbonyl (C=O) groups is 3. The summed E-state index contributed by atoms with van der Waals surface area (Å²) in [6.45, 7) is 26.8. The van der Waals surface area contributed by atoms with Crippen LogP contribution in [0.1, 0.15) is 146 Å². The quantitative estimate of drug-likeness (QED) is 0.228. The van der Waals surface area contributed by atoms with Gasteiger partial charge in [-0.3, -0.25) is 14.4 Å². The topological polar surface area (TPSA) is 102 Å². The van der Waals surface area contributed by atoms with Gasteiger partial charge in [-0.1, -0.05) is 77.8 Å². The zero-order chi connectivity index (χ0) is 41.4. The molecule has 0 spiro atoms. The van der Waals surface area contributed by atoms with E-state index in [1.807, 2.05) is 45.0 Å². The number of esters is 2. The molecule has 4 fully saturated rings. The molecule has 2 N–H and O–H groups in total. The van der Waals surface area contributed by atoms with Crippen LogP contribution in [0.5, 0.6) is 0 Å². The van der Waals surface area contributed by atoms with Crippen LogP contribution in [0.15, 0.2) is 35.4 Å². The highest BCUT2D eigenvalue weighted by Crippen LogP contribution is 2.76. The minimum absolute atomic E-state index is 0.00166. The number of fused-ring (bicyclic) bond motifs is 7. The van der Waals surface area contributed by atoms with Crippen molar-refractivity contribution in [1.29, 1.82) is 0 Å². The van der Waals surface area contributed by atoms with Crippen LogP contribution < -0.4 is 5.32 Å². The number of hydrogen-bond acceptors (Lipinski definition) is 7. The van der Waals surface area contributed by atoms with Gasteiger partial charge in [0, 0.05) is 29.9 Å². The van der Waals surface area contributed by atoms with E-state index in [0.717, 1.165) is 56.1 Å². The van der Waals surface area contributed by atoms with Gasteiger partial charge in [0.05, 0.1) is 17.9 Å². The van der Waals surface area contributed by atoms with Crippen molar-refractivity contribution in [2.45, 2.75) is 165 Å². The Morgan fingerprint density at radius 1 is 0.929 bits per heavy atom. The Balaban J connectivity index is 1.24. The van der Waals surface area contributed by atoms with E-state index in [1.165, 1.54) is 5.57 Å². The van der Waals surface area contributed by atoms with Gasteiger partial charge in [-0.2, -0.15) is 0 Å². The van der Waals surface area contributed by atoms with E-state index < -0.39 is 17.1 Å². The van der Waals surface area contributed by atoms with Gasteiger partial charge in [0.2, 0.25) is 0 Å². The second-order valence-electron chi connectivity index (χ2n) is 22.0. The summed E-state index contributed by atoms with van der Waals surface area (Å²) in [5.41, 5.74) is 1.70. The molecule has 2 unspecified atom stereocenters. The summed E-state index contributed by atoms with van der Waals surface area (Å²) in [6.07, 6.45) is 6.73. The molecule has 1 aromatic rings. The molecule has 7 nitrogen and oxygen atoms in total. The van der Waals surface area contributed by atoms with E-state index in [1.54, 1.807) is 13.8 Å². The van der Waals surface area contributed by atoms with Crippen molar-refractivity contribution in [3.05, 3.63) is 46.0 Å². The number of aliphatic hydroxyl groups excluding tert-OH is 1. The SMILES string of the molecule is CC(C)C1=C2C(CC1=O)C([C@@H](O)CNCc1ccc(Cl)cc1)C[C@]1(C)[C@@H]2CC[C@@H]2[C@@]3(C)CC[C@H](OC(=O)CC(C)(C)C(=O)OC(C)(C)C)C(C)(C)[C@@H]3CC[C@]21C. The Hall–Kier alpha value is -2.22. The third kappa shape index (κ3) is 7.57. The maximum atomic E-state index is 13.9. The van der Waals surface area contributed by atoms with Crippen molar-refractivity contribution < 1.29 is 29.0 Å². The van der Waals surface area contributed by atoms with E-state index >= 15 is 0 Å². The molecular weight excluding hydrogens is 722 g/mol. The smallest absolute Gasteiger partial charge is 0.312 e. The van der Waals surface area contributed by atoms with Crippen LogP contribution in [0.4, 0.5) is 0 Å². The van der Waals surface area contributed by atoms with Gasteiger partial charge < -0.3 is 19.9 Å². The highest BCUT2D eigenvalue weighted by atomic mass is 35.5. The number of aliphatic hydroxyl groups is 1. The van der Waals surface area contributed by atoms with E-state index in [9.17, 15) is 19.5 Å². The normalized spacial score (nSPS) is 35.9. The Labute approximate surface area is 342 Å². The first-order chi connectivity index (χ1) is 25.9. The molecule has 0 radical (unpaired) electrons. The monoisotopic (exact) mass is 794 g/mol. The van der Waals surface area contributed by atoms with E-state index in [2.05, 4.69) is 53.8 Å². The summed E-state index contributed by atoms with van der Waals surface area (Å²) in [6, 6.07) is 7.84. The fourth-order valence-electron chi connectivity index (χ4n) is 13.5. The molecule has 8 heteroatoms. The molecule has 312 valence electrons. The highest BCUT2D eigenvalue weighted by molar-refractivity contribution is 6.30. The fourth-order valence-corrected chi connectivity index (χ4v) is 13.6. The van der Waals surface area contributed by atoms with Gasteiger partial charge in [0.25, 0.3) is 0 Å². The first-order valence-electron chi connectivity index (χ1n) is 21.7. The zero-order valence-electron chi connectivity index (χ0n) is 36.6. The first-order valence-corrected chi connectivity index (χ1v) is 22.1. The summed E-state index contributed by atoms with van der Waals surface area (Å²) >= 11 is 6.13. The lowest BCUT2D eigenvalue weighted by atomic mass is 9.33. The van der Waals surface area contributed by atoms with Gasteiger partial charge in [-0.15, -0.1) is 0 Å². The molecule has 0 saturated heterocycles. The van der Waals surface area contributed by atoms with Crippen molar-refractivity contribution >= 4 is 29.3 Å². The van der Waals surface area contributed by atoms with Crippen LogP contribution in [0.25, 0.3) is 0 Å². The molecule has 4 saturated carbocycles. The van der Waals surface area contributed by atoms with Crippen molar-refractivity contribution in [3.8, 4) is 0 Å². The second-order valence-corrected chi connectivity index (χ2v) is 22.4. The van der Waals surface area contributed by atoms with Crippen LogP contribution in [0.3, 0.4) is 0 Å². The number of hydrogen-bond donors (Lipinski definition) is 2. The summed E-state index contributed by atoms with van der Waals surface area (Å²) in [7, 11) is 0. The van der Waals surface area contributed by atoms with Gasteiger partial charge in [0.1, 0.15) is 11.7 Å². The molecule has 0 bridgehead atoms. The molecule has 56 heavy (non-hydrogen) atoms. The van der Waals surface area contributed by atoms with Crippen molar-refractivity contribution in [2.24, 2.45) is 62.6 Å². The van der Waals surface area contributed by atoms with Crippen LogP contribution in [0, 0.1) is 62.6 Å². The number of benzene rings is 1. The summed E-state index contributed by atoms with van der Waals surface area (Å²) in [4.78, 5) is 40.4. The number of Topliss-reactive ketones (excluding diaryl/α,β-unsaturated/α-hetero) is 1. The third-order valence-electron chi connectivity index (χ3n) is 16.3. The molecule has 6 rings (SSSR count). The Morgan fingerprint density at radius 2 is 1.59 bits per heavy atom. The van der Waals surface area contributed by atoms with Crippen LogP contribution in [0.2, 0.25) is 5.02 Å². The standard InChI is InChI=1S/C48H72ClNO6/c1-28(2)40-34(51)23-31-32(35(52)27-50-26-29-13-15-30(49)16-14-29)24-48(12)33(41(31)40)17-18-37-46(10)21-20-38(45(8,9)36(46)19-22-47(37,48)11)55-39(53)25-44(6,7)42(54)56-43(3,4)5/h13-16,28,31-33,35-38,50,52H,17-27H2,1-12H3/t31?,32?,33-,35+,36+,37-,38+,46+,47-,48-/m1/s1. The molecule has 1 aromatic carbocycles. The van der Waals surface area contributed by atoms with Crippen molar-refractivity contribution in [1.82, 2.24) is 5.32 Å². The largest absolute Gasteiger partial charge is 0.462 e. The predicted octanol–water partition coefficient (Wildman–Crippen LogP) is 10.3. The van der Waals surface area contributed by atoms with E-state index in [-0.39, 0.29) is 63.9 Å². The average Bonchev–Trinajstić information content (AvgIpc) is 3.42. The number of ether oxygens (including phenoxy) is 2. The molecule has 0 heterocycles. The van der Waals surface area contributed by atoms with Crippen LogP contribution in [-0.2, 0) is 30.4 Å². The maximum Gasteiger partial charge on any atom is 0.312 e. The van der Waals surface area contributed by atoms with Gasteiger partial charge in [0.15, 0.2) is 5.78 Å². The lowest BCUT2D eigenvalue weighted by molar-refractivity contribution is -0.236. The Bertz CT molecular complexity index is 1710. The molecular formula is C48H72ClNO6. The minimum atomic E-state index is -0.982. The van der Waals surface area contributed by atoms with Gasteiger partial charge >= 0.3 is 11.9 Å². The number of nitrogens with one attached hydrogen (secondary N) is 1. The van der Waals surface area contributed by atoms with Gasteiger partial charge in [-0.25, -0.2) is 0 Å². The Morgan fingerprint density at radius 3 is 2.21 bits per heavy atom. The van der Waals surface area contributed by atoms with Crippen molar-refractivity contribution in [3.63, 3.8) is 0 Å². The number of halogens is 1. The number of allylic oxidation sites excluding steroid dienone is 2. The minimum Gasteiger partial charge on any atom is -0.462 e. The second kappa shape index (κ2) is 15.1. The first kappa shape index (κ1) is 43.4. The summed E-state index contributed by atoms with van der Waals surface area (Å²) < 4.78 is 12.0. The van der Waals surface area contributed by atoms with Crippen molar-refractivity contribution in [2.75, 3.05) is 6.54 Å². The summed E-state index contributed by atoms with van der Waals surface area (Å²) in [5, 5.41) is 16.4. The number of carbonyl (C=O) groups excluding carboxylic acids is 3. The molecule has 0 aromatic heterocycles. The predicted molar refractivity (Wildman–Crippen MR) is 223 cm³/mol. The average molecular weight is 795 g/mol. The zero-order valence-corrected chi connectivity index (χ0v) is 37.3. The van der Waals surface area contributed by atoms with Crippen LogP contribution in [-0.4, -0.2) is 47.2 Å². The lowest BCUT2D eigenvalue weighted by Crippen LogP contribution is -2.66. The fraction of sp³-hybridized carbons (Fsp3) is 0.771. The molecule has 0 aliphatic heterocycles. The van der Waals surface area contributed by atoms with E-state index in [4.69, 9.17) is 21.1 Å². The molecule has 5 aliphatic rings. The highest BCUT2D eigenvalue weighted by Gasteiger charge is 2.70. The molecule has 0 amide bonds. The lowest BCUT2D eigenvalue weighted by Gasteiger charge is -2.72. The van der Waals surface area contributed by atoms with Crippen LogP contribution >= 0.6 is 11.6 Å². The Kier molecular flexibility index (Phi) is 11.7. The maximum absolute atomic E-state index is 13.9. The van der Waals surface area contributed by atoms with E-state index in [0.29, 0.717) is 48.1 Å². The number of ketones is 1. The number of rotatable bonds is 10. The van der Waals surface area contributed by atoms with Gasteiger partial charge in [-0.05, 0) is 155 Å². The molecule has 10 atom stereocenters. The molecule has 5 aliphatic carbocycles. The summed E-state index contributed by atoms with van der Waals surface area (Å²) in [5.74, 6) is 1.01. The third-order valence-corrected chi connectivity index (χ3v) is 16.5.